The molecular weight excluding hydrogens is 1170 g/mol. The molecule has 88 heavy (non-hydrogen) atoms. The first-order valence-corrected chi connectivity index (χ1v) is 31.4. The lowest BCUT2D eigenvalue weighted by Crippen LogP contribution is -2.68. The molecule has 4 unspecified atom stereocenters. The summed E-state index contributed by atoms with van der Waals surface area (Å²) in [6.45, 7) is 11.4. The maximum Gasteiger partial charge on any atom is 0.315 e. The maximum atomic E-state index is 15.3. The molecule has 0 aromatic carbocycles. The van der Waals surface area contributed by atoms with E-state index in [0.717, 1.165) is 12.0 Å². The molecule has 506 valence electrons. The number of aliphatic hydroxyl groups is 17. The molecule has 4 saturated carbocycles. The second-order valence-electron chi connectivity index (χ2n) is 28.9. The van der Waals surface area contributed by atoms with Crippen molar-refractivity contribution in [3.63, 3.8) is 0 Å². The van der Waals surface area contributed by atoms with E-state index in [2.05, 4.69) is 40.7 Å². The lowest BCUT2D eigenvalue weighted by Gasteiger charge is -2.71. The first-order chi connectivity index (χ1) is 41.3. The minimum atomic E-state index is -1.92. The molecular formula is C60H98O28. The Kier molecular flexibility index (Phi) is 20.2. The van der Waals surface area contributed by atoms with Crippen molar-refractivity contribution in [3.05, 3.63) is 11.6 Å². The third-order valence-corrected chi connectivity index (χ3v) is 23.6. The highest BCUT2D eigenvalue weighted by Gasteiger charge is 2.71. The van der Waals surface area contributed by atoms with Gasteiger partial charge in [0.05, 0.1) is 50.7 Å². The number of hydrogen-bond donors (Lipinski definition) is 17. The molecule has 5 aliphatic carbocycles. The van der Waals surface area contributed by atoms with Crippen LogP contribution in [0.25, 0.3) is 0 Å². The maximum absolute atomic E-state index is 15.3. The highest BCUT2D eigenvalue weighted by Crippen LogP contribution is 2.76. The lowest BCUT2D eigenvalue weighted by atomic mass is 9.33. The fourth-order valence-electron chi connectivity index (χ4n) is 17.9. The number of ether oxygens (including phenoxy) is 10. The smallest absolute Gasteiger partial charge is 0.315 e. The summed E-state index contributed by atoms with van der Waals surface area (Å²) >= 11 is 0. The first kappa shape index (κ1) is 69.0. The topological polar surface area (TPSA) is 453 Å². The molecule has 10 rings (SSSR count). The van der Waals surface area contributed by atoms with Gasteiger partial charge in [-0.3, -0.25) is 4.79 Å². The fraction of sp³-hybridized carbons (Fsp3) is 0.950. The molecule has 5 saturated heterocycles. The quantitative estimate of drug-likeness (QED) is 0.0420. The number of esters is 1. The van der Waals surface area contributed by atoms with Gasteiger partial charge in [0.2, 0.25) is 6.29 Å². The van der Waals surface area contributed by atoms with E-state index in [0.29, 0.717) is 57.8 Å². The summed E-state index contributed by atoms with van der Waals surface area (Å²) in [4.78, 5) is 15.3. The fourth-order valence-corrected chi connectivity index (χ4v) is 17.9. The Bertz CT molecular complexity index is 2440. The van der Waals surface area contributed by atoms with Crippen LogP contribution in [0.2, 0.25) is 0 Å². The normalized spacial score (nSPS) is 54.6. The van der Waals surface area contributed by atoms with Gasteiger partial charge in [0.25, 0.3) is 0 Å². The number of carbonyl (C=O) groups is 1. The van der Waals surface area contributed by atoms with E-state index in [-0.39, 0.29) is 35.2 Å². The monoisotopic (exact) mass is 1270 g/mol. The van der Waals surface area contributed by atoms with Gasteiger partial charge in [-0.05, 0) is 111 Å². The molecule has 0 spiro atoms. The molecule has 0 aromatic rings. The summed E-state index contributed by atoms with van der Waals surface area (Å²) in [6, 6.07) is 0. The van der Waals surface area contributed by atoms with Gasteiger partial charge in [-0.25, -0.2) is 0 Å². The number of rotatable bonds is 15. The van der Waals surface area contributed by atoms with Crippen molar-refractivity contribution in [2.45, 2.75) is 272 Å². The van der Waals surface area contributed by atoms with Gasteiger partial charge in [0, 0.05) is 5.41 Å². The number of fused-ring (bicyclic) bond motifs is 7. The zero-order valence-corrected chi connectivity index (χ0v) is 51.0. The average molecular weight is 1270 g/mol. The highest BCUT2D eigenvalue weighted by atomic mass is 16.8. The van der Waals surface area contributed by atoms with Crippen LogP contribution in [0.3, 0.4) is 0 Å². The van der Waals surface area contributed by atoms with E-state index in [1.165, 1.54) is 6.92 Å². The predicted molar refractivity (Wildman–Crippen MR) is 295 cm³/mol. The molecule has 28 nitrogen and oxygen atoms in total. The molecule has 0 bridgehead atoms. The largest absolute Gasteiger partial charge is 0.432 e. The van der Waals surface area contributed by atoms with Crippen LogP contribution in [0, 0.1) is 50.2 Å². The second kappa shape index (κ2) is 25.7. The number of aliphatic hydroxyl groups excluding tert-OH is 17. The van der Waals surface area contributed by atoms with Crippen LogP contribution in [-0.2, 0) is 52.2 Å². The zero-order chi connectivity index (χ0) is 64.3. The third-order valence-electron chi connectivity index (χ3n) is 23.6. The molecule has 0 aromatic heterocycles. The Morgan fingerprint density at radius 2 is 1.03 bits per heavy atom. The number of hydrogen-bond acceptors (Lipinski definition) is 28. The van der Waals surface area contributed by atoms with E-state index < -0.39 is 214 Å². The van der Waals surface area contributed by atoms with Gasteiger partial charge in [0.15, 0.2) is 25.2 Å². The first-order valence-electron chi connectivity index (χ1n) is 31.4. The number of allylic oxidation sites excluding steroid dienone is 2. The molecule has 10 aliphatic rings. The summed E-state index contributed by atoms with van der Waals surface area (Å²) in [6.07, 6.45) is -34.1. The Labute approximate surface area is 510 Å². The molecule has 0 radical (unpaired) electrons. The molecule has 5 aliphatic heterocycles. The van der Waals surface area contributed by atoms with Crippen molar-refractivity contribution in [2.75, 3.05) is 33.0 Å². The van der Waals surface area contributed by atoms with Crippen LogP contribution >= 0.6 is 0 Å². The van der Waals surface area contributed by atoms with Crippen molar-refractivity contribution in [1.29, 1.82) is 0 Å². The average Bonchev–Trinajstić information content (AvgIpc) is 0.678. The summed E-state index contributed by atoms with van der Waals surface area (Å²) in [5.74, 6) is -1.06. The minimum Gasteiger partial charge on any atom is -0.432 e. The van der Waals surface area contributed by atoms with Crippen molar-refractivity contribution in [2.24, 2.45) is 50.2 Å². The van der Waals surface area contributed by atoms with Gasteiger partial charge in [-0.15, -0.1) is 0 Å². The summed E-state index contributed by atoms with van der Waals surface area (Å²) in [5, 5.41) is 183. The zero-order valence-electron chi connectivity index (χ0n) is 51.0. The van der Waals surface area contributed by atoms with Gasteiger partial charge in [-0.1, -0.05) is 53.2 Å². The van der Waals surface area contributed by atoms with E-state index >= 15 is 4.79 Å². The van der Waals surface area contributed by atoms with Crippen molar-refractivity contribution in [3.8, 4) is 0 Å². The molecule has 0 amide bonds. The highest BCUT2D eigenvalue weighted by molar-refractivity contribution is 5.79. The van der Waals surface area contributed by atoms with Crippen LogP contribution in [0.4, 0.5) is 0 Å². The summed E-state index contributed by atoms with van der Waals surface area (Å²) < 4.78 is 59.4. The Balaban J connectivity index is 0.841. The van der Waals surface area contributed by atoms with E-state index in [1.54, 1.807) is 0 Å². The van der Waals surface area contributed by atoms with Crippen LogP contribution in [0.1, 0.15) is 113 Å². The predicted octanol–water partition coefficient (Wildman–Crippen LogP) is -4.21. The SMILES string of the molecule is C[C@@H]1O[C@@H](O[C@H]2[C@@H](O)[C@H](O)[C@H](OC[C@@H]3O[C@@H](OC(=O)[C@]45CCC(C)(C)CC4C4=CCC6[C@@]7(C)CC[C@H](O[C@@H]8O[C@H](CO)[C@H](O)[C@H](O)[C@H]8O[C@@H]8O[C@H](CO)[C@@H](O)[C@H](O)[C@@H]8O)[C@@](C)(CO)C7CC[C@@]6(C)C4(C)CC5)[C@@H](O)[C@H](O)[C@@H]3O)O[C@H]2CO)[C@H](O)[C@H](O)[C@H]1O. The Hall–Kier alpha value is -1.83. The Morgan fingerprint density at radius 3 is 1.67 bits per heavy atom. The lowest BCUT2D eigenvalue weighted by molar-refractivity contribution is -0.379. The molecule has 9 fully saturated rings. The summed E-state index contributed by atoms with van der Waals surface area (Å²) in [7, 11) is 0. The van der Waals surface area contributed by atoms with Gasteiger partial charge < -0.3 is 134 Å². The minimum absolute atomic E-state index is 0.0600. The molecule has 5 heterocycles. The van der Waals surface area contributed by atoms with Crippen LogP contribution < -0.4 is 0 Å². The Morgan fingerprint density at radius 1 is 0.511 bits per heavy atom. The van der Waals surface area contributed by atoms with Crippen LogP contribution in [-0.4, -0.2) is 285 Å². The van der Waals surface area contributed by atoms with Gasteiger partial charge >= 0.3 is 5.97 Å². The standard InChI is InChI=1S/C60H98O28/c1-24-34(65)38(69)43(74)50(80-24)86-47-29(21-63)83-49(46(77)42(47)73)79-22-30-37(68)40(71)45(76)52(84-30)88-54(78)60-16-14-55(2,3)18-26(60)25-8-9-32-56(4)12-11-33(57(5,23-64)31(56)10-13-59(32,7)58(25,6)15-17-60)85-53-48(41(72)36(67)28(20-62)82-53)87-51-44(75)39(70)35(66)27(19-61)81-51/h8,24,26-53,61-77H,9-23H2,1-7H3/t24-,26?,27+,28+,29-,30-,31?,32?,33-,34-,35+,36-,37+,38+,39-,40+,41-,42-,43+,44-,45-,46-,47+,48+,49+,50-,51-,52-,53-,56-,57-,58?,59+,60-/m0/s1. The second-order valence-corrected chi connectivity index (χ2v) is 28.9. The van der Waals surface area contributed by atoms with Crippen molar-refractivity contribution < 1.29 is 139 Å². The van der Waals surface area contributed by atoms with Crippen LogP contribution in [0.15, 0.2) is 11.6 Å². The van der Waals surface area contributed by atoms with E-state index in [9.17, 15) is 86.8 Å². The molecule has 28 heteroatoms. The molecule has 17 N–H and O–H groups in total. The van der Waals surface area contributed by atoms with Crippen molar-refractivity contribution >= 4 is 5.97 Å². The van der Waals surface area contributed by atoms with Crippen LogP contribution in [0.5, 0.6) is 0 Å². The summed E-state index contributed by atoms with van der Waals surface area (Å²) in [5.41, 5.74) is -2.30. The van der Waals surface area contributed by atoms with Crippen molar-refractivity contribution in [1.82, 2.24) is 0 Å². The van der Waals surface area contributed by atoms with Gasteiger partial charge in [-0.2, -0.15) is 0 Å². The van der Waals surface area contributed by atoms with E-state index in [4.69, 9.17) is 47.4 Å². The third kappa shape index (κ3) is 11.5. The number of carbonyl (C=O) groups excluding carboxylic acids is 1. The molecule has 34 atom stereocenters. The van der Waals surface area contributed by atoms with E-state index in [1.807, 2.05) is 6.92 Å². The van der Waals surface area contributed by atoms with Gasteiger partial charge in [0.1, 0.15) is 116 Å².